The van der Waals surface area contributed by atoms with E-state index in [1.54, 1.807) is 7.05 Å². The molecule has 0 atom stereocenters. The van der Waals surface area contributed by atoms with Crippen LogP contribution in [0, 0.1) is 0 Å². The van der Waals surface area contributed by atoms with Gasteiger partial charge in [-0.1, -0.05) is 6.07 Å². The number of anilines is 1. The molecule has 0 saturated carbocycles. The van der Waals surface area contributed by atoms with Gasteiger partial charge in [-0.25, -0.2) is 4.79 Å². The van der Waals surface area contributed by atoms with Crippen molar-refractivity contribution in [2.24, 2.45) is 5.10 Å². The van der Waals surface area contributed by atoms with Gasteiger partial charge in [-0.3, -0.25) is 5.01 Å². The van der Waals surface area contributed by atoms with E-state index in [4.69, 9.17) is 10.2 Å². The van der Waals surface area contributed by atoms with E-state index >= 15 is 0 Å². The van der Waals surface area contributed by atoms with E-state index in [9.17, 15) is 4.79 Å². The average Bonchev–Trinajstić information content (AvgIpc) is 2.29. The third kappa shape index (κ3) is 3.82. The Morgan fingerprint density at radius 1 is 1.50 bits per heavy atom. The van der Waals surface area contributed by atoms with Gasteiger partial charge in [0.2, 0.25) is 0 Å². The third-order valence-electron chi connectivity index (χ3n) is 2.37. The predicted octanol–water partition coefficient (Wildman–Crippen LogP) is 1.88. The Bertz CT molecular complexity index is 474. The Morgan fingerprint density at radius 2 is 2.17 bits per heavy atom. The zero-order chi connectivity index (χ0) is 13.7. The molecular formula is C12H15BrN2O3. The lowest BCUT2D eigenvalue weighted by Gasteiger charge is -2.16. The van der Waals surface area contributed by atoms with E-state index in [1.807, 2.05) is 18.2 Å². The number of carboxylic acid groups (broad SMARTS) is 1. The van der Waals surface area contributed by atoms with Crippen LogP contribution in [0.3, 0.4) is 0 Å². The lowest BCUT2D eigenvalue weighted by atomic mass is 10.1. The molecule has 5 nitrogen and oxygen atoms in total. The van der Waals surface area contributed by atoms with Crippen LogP contribution in [-0.2, 0) is 11.2 Å². The molecule has 0 aliphatic heterocycles. The largest absolute Gasteiger partial charge is 0.477 e. The Morgan fingerprint density at radius 3 is 2.67 bits per heavy atom. The highest BCUT2D eigenvalue weighted by Gasteiger charge is 2.08. The lowest BCUT2D eigenvalue weighted by molar-refractivity contribution is -0.129. The molecule has 98 valence electrons. The molecule has 1 aromatic rings. The highest BCUT2D eigenvalue weighted by Crippen LogP contribution is 2.27. The number of nitrogens with zero attached hydrogens (tertiary/aromatic N) is 2. The van der Waals surface area contributed by atoms with Gasteiger partial charge in [0, 0.05) is 18.1 Å². The van der Waals surface area contributed by atoms with Crippen molar-refractivity contribution in [1.29, 1.82) is 0 Å². The Kier molecular flexibility index (Phi) is 5.30. The topological polar surface area (TPSA) is 73.1 Å². The standard InChI is InChI=1S/C12H15BrN2O3/c1-8(12(17)18)14-15(2)11-4-3-9(5-6-16)7-10(11)13/h3-4,7,16H,5-6H2,1-2H3,(H,17,18)/b14-8+. The highest BCUT2D eigenvalue weighted by molar-refractivity contribution is 9.10. The number of benzene rings is 1. The molecule has 1 rings (SSSR count). The maximum atomic E-state index is 10.7. The molecule has 2 N–H and O–H groups in total. The first-order valence-electron chi connectivity index (χ1n) is 5.37. The molecule has 0 heterocycles. The van der Waals surface area contributed by atoms with E-state index in [0.29, 0.717) is 6.42 Å². The molecular weight excluding hydrogens is 300 g/mol. The van der Waals surface area contributed by atoms with Gasteiger partial charge in [-0.2, -0.15) is 5.10 Å². The van der Waals surface area contributed by atoms with Gasteiger partial charge in [0.15, 0.2) is 0 Å². The van der Waals surface area contributed by atoms with Gasteiger partial charge in [-0.15, -0.1) is 0 Å². The fourth-order valence-electron chi connectivity index (χ4n) is 1.42. The fraction of sp³-hybridized carbons (Fsp3) is 0.333. The van der Waals surface area contributed by atoms with Gasteiger partial charge in [0.05, 0.1) is 5.69 Å². The number of halogens is 1. The molecule has 1 aromatic carbocycles. The number of carbonyl (C=O) groups is 1. The summed E-state index contributed by atoms with van der Waals surface area (Å²) in [6.07, 6.45) is 0.583. The first-order valence-corrected chi connectivity index (χ1v) is 6.16. The van der Waals surface area contributed by atoms with Crippen LogP contribution in [0.5, 0.6) is 0 Å². The molecule has 18 heavy (non-hydrogen) atoms. The van der Waals surface area contributed by atoms with Gasteiger partial charge in [0.25, 0.3) is 0 Å². The predicted molar refractivity (Wildman–Crippen MR) is 74.1 cm³/mol. The number of carboxylic acids is 1. The molecule has 0 saturated heterocycles. The molecule has 0 spiro atoms. The fourth-order valence-corrected chi connectivity index (χ4v) is 2.10. The van der Waals surface area contributed by atoms with Gasteiger partial charge < -0.3 is 10.2 Å². The minimum absolute atomic E-state index is 0.0174. The van der Waals surface area contributed by atoms with Crippen molar-refractivity contribution in [3.05, 3.63) is 28.2 Å². The van der Waals surface area contributed by atoms with Crippen molar-refractivity contribution >= 4 is 33.3 Å². The lowest BCUT2D eigenvalue weighted by Crippen LogP contribution is -2.17. The maximum absolute atomic E-state index is 10.7. The van der Waals surface area contributed by atoms with E-state index in [-0.39, 0.29) is 12.3 Å². The summed E-state index contributed by atoms with van der Waals surface area (Å²) in [6.45, 7) is 1.53. The van der Waals surface area contributed by atoms with E-state index < -0.39 is 5.97 Å². The zero-order valence-electron chi connectivity index (χ0n) is 10.2. The molecule has 0 aliphatic rings. The molecule has 0 radical (unpaired) electrons. The maximum Gasteiger partial charge on any atom is 0.351 e. The van der Waals surface area contributed by atoms with Crippen LogP contribution in [0.25, 0.3) is 0 Å². The normalized spacial score (nSPS) is 11.4. The third-order valence-corrected chi connectivity index (χ3v) is 3.01. The van der Waals surface area contributed by atoms with Crippen LogP contribution >= 0.6 is 15.9 Å². The number of hydrogen-bond acceptors (Lipinski definition) is 4. The Balaban J connectivity index is 2.96. The van der Waals surface area contributed by atoms with Gasteiger partial charge >= 0.3 is 5.97 Å². The van der Waals surface area contributed by atoms with Crippen molar-refractivity contribution in [3.8, 4) is 0 Å². The second kappa shape index (κ2) is 6.51. The highest BCUT2D eigenvalue weighted by atomic mass is 79.9. The number of hydrazone groups is 1. The van der Waals surface area contributed by atoms with Gasteiger partial charge in [0.1, 0.15) is 5.71 Å². The smallest absolute Gasteiger partial charge is 0.351 e. The monoisotopic (exact) mass is 314 g/mol. The summed E-state index contributed by atoms with van der Waals surface area (Å²) in [7, 11) is 1.68. The zero-order valence-corrected chi connectivity index (χ0v) is 11.8. The van der Waals surface area contributed by atoms with Gasteiger partial charge in [-0.05, 0) is 47.0 Å². The summed E-state index contributed by atoms with van der Waals surface area (Å²) in [5.41, 5.74) is 1.78. The van der Waals surface area contributed by atoms with Crippen molar-refractivity contribution < 1.29 is 15.0 Å². The summed E-state index contributed by atoms with van der Waals surface area (Å²) in [4.78, 5) is 10.7. The molecule has 0 aromatic heterocycles. The van der Waals surface area contributed by atoms with Crippen molar-refractivity contribution in [2.45, 2.75) is 13.3 Å². The molecule has 0 unspecified atom stereocenters. The minimum atomic E-state index is -1.05. The number of aliphatic hydroxyl groups excluding tert-OH is 1. The van der Waals surface area contributed by atoms with E-state index in [2.05, 4.69) is 21.0 Å². The van der Waals surface area contributed by atoms with Crippen LogP contribution in [0.1, 0.15) is 12.5 Å². The summed E-state index contributed by atoms with van der Waals surface area (Å²) >= 11 is 3.40. The van der Waals surface area contributed by atoms with Crippen LogP contribution in [0.2, 0.25) is 0 Å². The van der Waals surface area contributed by atoms with Crippen molar-refractivity contribution in [3.63, 3.8) is 0 Å². The van der Waals surface area contributed by atoms with Crippen LogP contribution in [0.15, 0.2) is 27.8 Å². The molecule has 0 bridgehead atoms. The number of rotatable bonds is 5. The first kappa shape index (κ1) is 14.7. The number of aliphatic hydroxyl groups is 1. The quantitative estimate of drug-likeness (QED) is 0.643. The van der Waals surface area contributed by atoms with Crippen LogP contribution in [-0.4, -0.2) is 35.5 Å². The van der Waals surface area contributed by atoms with Crippen LogP contribution < -0.4 is 5.01 Å². The summed E-state index contributed by atoms with van der Waals surface area (Å²) in [6, 6.07) is 5.58. The molecule has 0 fully saturated rings. The van der Waals surface area contributed by atoms with E-state index in [1.165, 1.54) is 11.9 Å². The molecule has 6 heteroatoms. The minimum Gasteiger partial charge on any atom is -0.477 e. The molecule has 0 amide bonds. The molecule has 0 aliphatic carbocycles. The average molecular weight is 315 g/mol. The number of hydrogen-bond donors (Lipinski definition) is 2. The van der Waals surface area contributed by atoms with E-state index in [0.717, 1.165) is 15.7 Å². The Labute approximate surface area is 114 Å². The van der Waals surface area contributed by atoms with Crippen molar-refractivity contribution in [1.82, 2.24) is 0 Å². The summed E-state index contributed by atoms with van der Waals surface area (Å²) in [5.74, 6) is -1.05. The SMILES string of the molecule is C/C(=N\N(C)c1ccc(CCO)cc1Br)C(=O)O. The van der Waals surface area contributed by atoms with Crippen LogP contribution in [0.4, 0.5) is 5.69 Å². The summed E-state index contributed by atoms with van der Waals surface area (Å²) < 4.78 is 0.804. The Hall–Kier alpha value is -1.40. The number of aliphatic carboxylic acids is 1. The summed E-state index contributed by atoms with van der Waals surface area (Å²) in [5, 5.41) is 23.1. The second-order valence-electron chi connectivity index (χ2n) is 3.77. The second-order valence-corrected chi connectivity index (χ2v) is 4.63. The first-order chi connectivity index (χ1) is 8.45. The van der Waals surface area contributed by atoms with Crippen molar-refractivity contribution in [2.75, 3.05) is 18.7 Å².